The van der Waals surface area contributed by atoms with Crippen LogP contribution in [0.25, 0.3) is 0 Å². The number of hydrogen-bond donors (Lipinski definition) is 1. The van der Waals surface area contributed by atoms with Crippen LogP contribution in [0.2, 0.25) is 0 Å². The summed E-state index contributed by atoms with van der Waals surface area (Å²) in [5.41, 5.74) is 0.679. The van der Waals surface area contributed by atoms with Gasteiger partial charge in [0.15, 0.2) is 0 Å². The minimum atomic E-state index is -0.914. The highest BCUT2D eigenvalue weighted by Crippen LogP contribution is 2.30. The Labute approximate surface area is 143 Å². The zero-order chi connectivity index (χ0) is 17.7. The zero-order valence-corrected chi connectivity index (χ0v) is 14.7. The topological polar surface area (TPSA) is 66.8 Å². The molecule has 0 aliphatic carbocycles. The van der Waals surface area contributed by atoms with Crippen LogP contribution in [0.5, 0.6) is 0 Å². The second kappa shape index (κ2) is 7.69. The summed E-state index contributed by atoms with van der Waals surface area (Å²) in [7, 11) is 0. The third-order valence-electron chi connectivity index (χ3n) is 4.36. The van der Waals surface area contributed by atoms with E-state index in [1.807, 2.05) is 39.0 Å². The number of carbonyl (C=O) groups excluding carboxylic acids is 1. The van der Waals surface area contributed by atoms with Crippen molar-refractivity contribution in [2.45, 2.75) is 45.6 Å². The molecule has 0 bridgehead atoms. The number of benzene rings is 1. The van der Waals surface area contributed by atoms with Crippen molar-refractivity contribution in [2.75, 3.05) is 13.1 Å². The van der Waals surface area contributed by atoms with E-state index in [2.05, 4.69) is 12.1 Å². The zero-order valence-electron chi connectivity index (χ0n) is 14.7. The minimum Gasteiger partial charge on any atom is -0.465 e. The number of aryl methyl sites for hydroxylation is 1. The van der Waals surface area contributed by atoms with E-state index in [-0.39, 0.29) is 17.8 Å². The van der Waals surface area contributed by atoms with Crippen molar-refractivity contribution in [3.8, 4) is 0 Å². The number of carboxylic acid groups (broad SMARTS) is 1. The molecule has 1 amide bonds. The van der Waals surface area contributed by atoms with Crippen LogP contribution in [0.4, 0.5) is 4.79 Å². The van der Waals surface area contributed by atoms with Gasteiger partial charge < -0.3 is 14.7 Å². The number of amides is 1. The molecule has 1 aliphatic rings. The van der Waals surface area contributed by atoms with Crippen LogP contribution >= 0.6 is 0 Å². The quantitative estimate of drug-likeness (QED) is 0.855. The van der Waals surface area contributed by atoms with Gasteiger partial charge in [0.2, 0.25) is 0 Å². The lowest BCUT2D eigenvalue weighted by Crippen LogP contribution is -2.46. The first-order chi connectivity index (χ1) is 11.3. The largest absolute Gasteiger partial charge is 0.465 e. The van der Waals surface area contributed by atoms with Gasteiger partial charge in [-0.2, -0.15) is 0 Å². The van der Waals surface area contributed by atoms with Crippen LogP contribution in [0, 0.1) is 11.8 Å². The van der Waals surface area contributed by atoms with E-state index in [1.165, 1.54) is 10.5 Å². The fourth-order valence-electron chi connectivity index (χ4n) is 3.18. The molecule has 1 heterocycles. The minimum absolute atomic E-state index is 0.00935. The van der Waals surface area contributed by atoms with Crippen molar-refractivity contribution in [2.24, 2.45) is 11.8 Å². The van der Waals surface area contributed by atoms with Gasteiger partial charge in [0.05, 0.1) is 5.92 Å². The van der Waals surface area contributed by atoms with Gasteiger partial charge in [0.25, 0.3) is 0 Å². The molecule has 1 aromatic carbocycles. The van der Waals surface area contributed by atoms with Gasteiger partial charge in [-0.15, -0.1) is 0 Å². The molecule has 1 aliphatic heterocycles. The Morgan fingerprint density at radius 3 is 2.50 bits per heavy atom. The standard InChI is InChI=1S/C19H27NO4/c1-19(2,3)24-17(21)16-11-12-20(18(22)23)13-15(16)10-9-14-7-5-4-6-8-14/h4-8,15-16H,9-13H2,1-3H3,(H,22,23). The van der Waals surface area contributed by atoms with Gasteiger partial charge in [-0.25, -0.2) is 4.79 Å². The van der Waals surface area contributed by atoms with Gasteiger partial charge in [0.1, 0.15) is 5.60 Å². The van der Waals surface area contributed by atoms with E-state index in [1.54, 1.807) is 0 Å². The van der Waals surface area contributed by atoms with E-state index in [4.69, 9.17) is 4.74 Å². The van der Waals surface area contributed by atoms with Crippen LogP contribution < -0.4 is 0 Å². The summed E-state index contributed by atoms with van der Waals surface area (Å²) in [6.07, 6.45) is 1.22. The number of esters is 1. The van der Waals surface area contributed by atoms with Crippen molar-refractivity contribution < 1.29 is 19.4 Å². The number of nitrogens with zero attached hydrogens (tertiary/aromatic N) is 1. The highest BCUT2D eigenvalue weighted by atomic mass is 16.6. The van der Waals surface area contributed by atoms with Gasteiger partial charge in [-0.3, -0.25) is 4.79 Å². The Kier molecular flexibility index (Phi) is 5.86. The predicted octanol–water partition coefficient (Wildman–Crippen LogP) is 3.58. The van der Waals surface area contributed by atoms with Gasteiger partial charge >= 0.3 is 12.1 Å². The summed E-state index contributed by atoms with van der Waals surface area (Å²) >= 11 is 0. The lowest BCUT2D eigenvalue weighted by Gasteiger charge is -2.37. The molecule has 1 aromatic rings. The van der Waals surface area contributed by atoms with E-state index in [0.29, 0.717) is 19.5 Å². The smallest absolute Gasteiger partial charge is 0.407 e. The average Bonchev–Trinajstić information content (AvgIpc) is 2.52. The molecule has 0 spiro atoms. The van der Waals surface area contributed by atoms with E-state index in [9.17, 15) is 14.7 Å². The average molecular weight is 333 g/mol. The van der Waals surface area contributed by atoms with Gasteiger partial charge in [0, 0.05) is 13.1 Å². The number of rotatable bonds is 4. The normalized spacial score (nSPS) is 21.4. The first-order valence-electron chi connectivity index (χ1n) is 8.51. The van der Waals surface area contributed by atoms with Crippen molar-refractivity contribution in [1.29, 1.82) is 0 Å². The van der Waals surface area contributed by atoms with Crippen LogP contribution in [-0.4, -0.2) is 40.8 Å². The first-order valence-corrected chi connectivity index (χ1v) is 8.51. The van der Waals surface area contributed by atoms with Crippen molar-refractivity contribution in [3.05, 3.63) is 35.9 Å². The highest BCUT2D eigenvalue weighted by molar-refractivity contribution is 5.74. The second-order valence-electron chi connectivity index (χ2n) is 7.44. The maximum absolute atomic E-state index is 12.5. The van der Waals surface area contributed by atoms with Crippen LogP contribution in [0.15, 0.2) is 30.3 Å². The fraction of sp³-hybridized carbons (Fsp3) is 0.579. The van der Waals surface area contributed by atoms with Crippen molar-refractivity contribution >= 4 is 12.1 Å². The Balaban J connectivity index is 2.06. The summed E-state index contributed by atoms with van der Waals surface area (Å²) < 4.78 is 5.55. The van der Waals surface area contributed by atoms with Crippen LogP contribution in [0.3, 0.4) is 0 Å². The molecule has 1 N–H and O–H groups in total. The number of hydrogen-bond acceptors (Lipinski definition) is 3. The Hall–Kier alpha value is -2.04. The van der Waals surface area contributed by atoms with E-state index in [0.717, 1.165) is 12.8 Å². The summed E-state index contributed by atoms with van der Waals surface area (Å²) in [6, 6.07) is 10.1. The number of carbonyl (C=O) groups is 2. The molecule has 0 saturated carbocycles. The molecule has 2 atom stereocenters. The van der Waals surface area contributed by atoms with Gasteiger partial charge in [-0.1, -0.05) is 30.3 Å². The molecule has 2 rings (SSSR count). The van der Waals surface area contributed by atoms with Crippen LogP contribution in [-0.2, 0) is 16.0 Å². The third-order valence-corrected chi connectivity index (χ3v) is 4.36. The lowest BCUT2D eigenvalue weighted by atomic mass is 9.81. The van der Waals surface area contributed by atoms with Crippen LogP contribution in [0.1, 0.15) is 39.2 Å². The maximum Gasteiger partial charge on any atom is 0.407 e. The number of piperidine rings is 1. The molecule has 1 fully saturated rings. The predicted molar refractivity (Wildman–Crippen MR) is 91.8 cm³/mol. The molecule has 0 aromatic heterocycles. The Morgan fingerprint density at radius 1 is 1.25 bits per heavy atom. The highest BCUT2D eigenvalue weighted by Gasteiger charge is 2.37. The molecule has 0 radical (unpaired) electrons. The Morgan fingerprint density at radius 2 is 1.92 bits per heavy atom. The molecular formula is C19H27NO4. The molecule has 2 unspecified atom stereocenters. The molecule has 24 heavy (non-hydrogen) atoms. The SMILES string of the molecule is CC(C)(C)OC(=O)C1CCN(C(=O)O)CC1CCc1ccccc1. The third kappa shape index (κ3) is 5.25. The monoisotopic (exact) mass is 333 g/mol. The first kappa shape index (κ1) is 18.3. The Bertz CT molecular complexity index is 564. The van der Waals surface area contributed by atoms with Gasteiger partial charge in [-0.05, 0) is 51.5 Å². The van der Waals surface area contributed by atoms with Crippen molar-refractivity contribution in [1.82, 2.24) is 4.90 Å². The second-order valence-corrected chi connectivity index (χ2v) is 7.44. The number of ether oxygens (including phenoxy) is 1. The summed E-state index contributed by atoms with van der Waals surface area (Å²) in [6.45, 7) is 6.36. The summed E-state index contributed by atoms with van der Waals surface area (Å²) in [5.74, 6) is -0.445. The molecule has 5 heteroatoms. The fourth-order valence-corrected chi connectivity index (χ4v) is 3.18. The lowest BCUT2D eigenvalue weighted by molar-refractivity contribution is -0.164. The van der Waals surface area contributed by atoms with E-state index >= 15 is 0 Å². The van der Waals surface area contributed by atoms with Crippen molar-refractivity contribution in [3.63, 3.8) is 0 Å². The molecular weight excluding hydrogens is 306 g/mol. The molecule has 132 valence electrons. The molecule has 5 nitrogen and oxygen atoms in total. The summed E-state index contributed by atoms with van der Waals surface area (Å²) in [5, 5.41) is 9.26. The maximum atomic E-state index is 12.5. The van der Waals surface area contributed by atoms with E-state index < -0.39 is 11.7 Å². The summed E-state index contributed by atoms with van der Waals surface area (Å²) in [4.78, 5) is 25.2. The molecule has 1 saturated heterocycles. The number of likely N-dealkylation sites (tertiary alicyclic amines) is 1.